The average Bonchev–Trinajstić information content (AvgIpc) is 2.68. The fourth-order valence-corrected chi connectivity index (χ4v) is 4.34. The molecular weight excluding hydrogens is 393 g/mol. The molecule has 3 rings (SSSR count). The first-order valence-electron chi connectivity index (χ1n) is 8.76. The molecule has 0 spiro atoms. The van der Waals surface area contributed by atoms with E-state index in [9.17, 15) is 26.4 Å². The van der Waals surface area contributed by atoms with E-state index in [1.165, 1.54) is 23.1 Å². The molecular formula is C19H19F3N2O3S. The minimum Gasteiger partial charge on any atom is -0.339 e. The summed E-state index contributed by atoms with van der Waals surface area (Å²) >= 11 is 0. The van der Waals surface area contributed by atoms with E-state index in [1.54, 1.807) is 6.07 Å². The van der Waals surface area contributed by atoms with Crippen LogP contribution in [0.5, 0.6) is 0 Å². The van der Waals surface area contributed by atoms with Gasteiger partial charge in [-0.15, -0.1) is 0 Å². The van der Waals surface area contributed by atoms with Gasteiger partial charge in [0.2, 0.25) is 10.0 Å². The Morgan fingerprint density at radius 3 is 2.39 bits per heavy atom. The molecule has 0 unspecified atom stereocenters. The molecule has 0 atom stereocenters. The first kappa shape index (κ1) is 20.3. The standard InChI is InChI=1S/C19H19F3N2O3S/c20-14-5-6-17(22)18(11-14)28(26,27)23-12-13-7-9-24(10-8-13)19(25)15-3-1-2-4-16(15)21/h1-6,11,13,23H,7-10,12H2. The van der Waals surface area contributed by atoms with Crippen LogP contribution in [0.2, 0.25) is 0 Å². The Balaban J connectivity index is 1.57. The number of carbonyl (C=O) groups is 1. The third kappa shape index (κ3) is 4.53. The monoisotopic (exact) mass is 412 g/mol. The number of piperidine rings is 1. The molecule has 0 aliphatic carbocycles. The molecule has 0 aromatic heterocycles. The van der Waals surface area contributed by atoms with E-state index in [-0.39, 0.29) is 18.0 Å². The summed E-state index contributed by atoms with van der Waals surface area (Å²) in [5.74, 6) is -2.93. The van der Waals surface area contributed by atoms with Crippen molar-refractivity contribution < 1.29 is 26.4 Å². The molecule has 5 nitrogen and oxygen atoms in total. The number of likely N-dealkylation sites (tertiary alicyclic amines) is 1. The van der Waals surface area contributed by atoms with E-state index in [1.807, 2.05) is 0 Å². The van der Waals surface area contributed by atoms with Crippen molar-refractivity contribution in [1.82, 2.24) is 9.62 Å². The number of hydrogen-bond acceptors (Lipinski definition) is 3. The Labute approximate surface area is 161 Å². The third-order valence-electron chi connectivity index (χ3n) is 4.75. The molecule has 2 aromatic carbocycles. The predicted octanol–water partition coefficient (Wildman–Crippen LogP) is 2.93. The van der Waals surface area contributed by atoms with Crippen LogP contribution < -0.4 is 4.72 Å². The molecule has 0 saturated carbocycles. The van der Waals surface area contributed by atoms with E-state index in [0.717, 1.165) is 12.1 Å². The number of nitrogens with one attached hydrogen (secondary N) is 1. The lowest BCUT2D eigenvalue weighted by atomic mass is 9.96. The van der Waals surface area contributed by atoms with Gasteiger partial charge >= 0.3 is 0 Å². The molecule has 150 valence electrons. The SMILES string of the molecule is O=C(c1ccccc1F)N1CCC(CNS(=O)(=O)c2cc(F)ccc2F)CC1. The van der Waals surface area contributed by atoms with Crippen LogP contribution in [0.15, 0.2) is 47.4 Å². The van der Waals surface area contributed by atoms with Gasteiger partial charge in [0, 0.05) is 19.6 Å². The van der Waals surface area contributed by atoms with E-state index < -0.39 is 38.3 Å². The first-order valence-corrected chi connectivity index (χ1v) is 10.2. The molecule has 0 bridgehead atoms. The van der Waals surface area contributed by atoms with Gasteiger partial charge in [-0.05, 0) is 49.1 Å². The lowest BCUT2D eigenvalue weighted by molar-refractivity contribution is 0.0687. The lowest BCUT2D eigenvalue weighted by Gasteiger charge is -2.32. The summed E-state index contributed by atoms with van der Waals surface area (Å²) in [6.07, 6.45) is 1.02. The predicted molar refractivity (Wildman–Crippen MR) is 96.6 cm³/mol. The van der Waals surface area contributed by atoms with Gasteiger partial charge < -0.3 is 4.90 Å². The van der Waals surface area contributed by atoms with Crippen LogP contribution in [0.3, 0.4) is 0 Å². The summed E-state index contributed by atoms with van der Waals surface area (Å²) in [6, 6.07) is 7.97. The van der Waals surface area contributed by atoms with Crippen LogP contribution in [0, 0.1) is 23.4 Å². The highest BCUT2D eigenvalue weighted by atomic mass is 32.2. The Morgan fingerprint density at radius 1 is 1.04 bits per heavy atom. The van der Waals surface area contributed by atoms with Gasteiger partial charge in [0.25, 0.3) is 5.91 Å². The van der Waals surface area contributed by atoms with Crippen molar-refractivity contribution in [1.29, 1.82) is 0 Å². The summed E-state index contributed by atoms with van der Waals surface area (Å²) in [5, 5.41) is 0. The molecule has 1 fully saturated rings. The summed E-state index contributed by atoms with van der Waals surface area (Å²) in [6.45, 7) is 0.752. The maximum Gasteiger partial charge on any atom is 0.256 e. The summed E-state index contributed by atoms with van der Waals surface area (Å²) in [5.41, 5.74) is 0.00299. The zero-order valence-corrected chi connectivity index (χ0v) is 15.7. The highest BCUT2D eigenvalue weighted by Crippen LogP contribution is 2.21. The topological polar surface area (TPSA) is 66.5 Å². The smallest absolute Gasteiger partial charge is 0.256 e. The first-order chi connectivity index (χ1) is 13.3. The third-order valence-corrected chi connectivity index (χ3v) is 6.19. The van der Waals surface area contributed by atoms with Crippen LogP contribution in [-0.4, -0.2) is 38.9 Å². The van der Waals surface area contributed by atoms with Crippen LogP contribution in [0.1, 0.15) is 23.2 Å². The summed E-state index contributed by atoms with van der Waals surface area (Å²) in [7, 11) is -4.19. The zero-order chi connectivity index (χ0) is 20.3. The highest BCUT2D eigenvalue weighted by molar-refractivity contribution is 7.89. The second-order valence-corrected chi connectivity index (χ2v) is 8.38. The number of amides is 1. The van der Waals surface area contributed by atoms with Crippen molar-refractivity contribution in [3.63, 3.8) is 0 Å². The van der Waals surface area contributed by atoms with Gasteiger partial charge in [0.1, 0.15) is 22.3 Å². The van der Waals surface area contributed by atoms with Crippen LogP contribution in [0.25, 0.3) is 0 Å². The van der Waals surface area contributed by atoms with Gasteiger partial charge in [-0.25, -0.2) is 26.3 Å². The van der Waals surface area contributed by atoms with E-state index in [4.69, 9.17) is 0 Å². The maximum atomic E-state index is 13.8. The van der Waals surface area contributed by atoms with E-state index in [0.29, 0.717) is 32.0 Å². The molecule has 1 saturated heterocycles. The molecule has 1 aliphatic heterocycles. The van der Waals surface area contributed by atoms with Gasteiger partial charge in [0.05, 0.1) is 5.56 Å². The van der Waals surface area contributed by atoms with Crippen molar-refractivity contribution in [3.05, 3.63) is 65.5 Å². The molecule has 9 heteroatoms. The second-order valence-electron chi connectivity index (χ2n) is 6.64. The van der Waals surface area contributed by atoms with Crippen molar-refractivity contribution in [2.45, 2.75) is 17.7 Å². The van der Waals surface area contributed by atoms with Crippen molar-refractivity contribution in [2.24, 2.45) is 5.92 Å². The second kappa shape index (κ2) is 8.32. The fraction of sp³-hybridized carbons (Fsp3) is 0.316. The summed E-state index contributed by atoms with van der Waals surface area (Å²) in [4.78, 5) is 13.2. The average molecular weight is 412 g/mol. The zero-order valence-electron chi connectivity index (χ0n) is 14.9. The van der Waals surface area contributed by atoms with Crippen LogP contribution in [-0.2, 0) is 10.0 Å². The minimum absolute atomic E-state index is 0.00299. The van der Waals surface area contributed by atoms with E-state index >= 15 is 0 Å². The minimum atomic E-state index is -4.19. The summed E-state index contributed by atoms with van der Waals surface area (Å²) < 4.78 is 67.4. The van der Waals surface area contributed by atoms with Crippen molar-refractivity contribution in [2.75, 3.05) is 19.6 Å². The lowest BCUT2D eigenvalue weighted by Crippen LogP contribution is -2.41. The largest absolute Gasteiger partial charge is 0.339 e. The number of sulfonamides is 1. The molecule has 1 heterocycles. The number of halogens is 3. The highest BCUT2D eigenvalue weighted by Gasteiger charge is 2.27. The fourth-order valence-electron chi connectivity index (χ4n) is 3.13. The van der Waals surface area contributed by atoms with Crippen LogP contribution >= 0.6 is 0 Å². The number of nitrogens with zero attached hydrogens (tertiary/aromatic N) is 1. The van der Waals surface area contributed by atoms with Gasteiger partial charge in [-0.1, -0.05) is 12.1 Å². The molecule has 1 amide bonds. The molecule has 28 heavy (non-hydrogen) atoms. The van der Waals surface area contributed by atoms with Crippen LogP contribution in [0.4, 0.5) is 13.2 Å². The van der Waals surface area contributed by atoms with Crippen molar-refractivity contribution >= 4 is 15.9 Å². The Kier molecular flexibility index (Phi) is 6.04. The molecule has 2 aromatic rings. The Bertz CT molecular complexity index is 974. The number of hydrogen-bond donors (Lipinski definition) is 1. The number of carbonyl (C=O) groups excluding carboxylic acids is 1. The molecule has 1 aliphatic rings. The number of rotatable bonds is 5. The normalized spacial score (nSPS) is 15.6. The van der Waals surface area contributed by atoms with Crippen molar-refractivity contribution in [3.8, 4) is 0 Å². The Morgan fingerprint density at radius 2 is 1.71 bits per heavy atom. The van der Waals surface area contributed by atoms with Gasteiger partial charge in [-0.3, -0.25) is 4.79 Å². The maximum absolute atomic E-state index is 13.8. The van der Waals surface area contributed by atoms with E-state index in [2.05, 4.69) is 4.72 Å². The number of benzene rings is 2. The van der Waals surface area contributed by atoms with Gasteiger partial charge in [-0.2, -0.15) is 0 Å². The quantitative estimate of drug-likeness (QED) is 0.821. The molecule has 1 N–H and O–H groups in total. The van der Waals surface area contributed by atoms with Gasteiger partial charge in [0.15, 0.2) is 0 Å². The Hall–Kier alpha value is -2.39. The molecule has 0 radical (unpaired) electrons.